The van der Waals surface area contributed by atoms with Crippen molar-refractivity contribution >= 4 is 11.6 Å². The third-order valence-electron chi connectivity index (χ3n) is 19.2. The second kappa shape index (κ2) is 16.4. The number of hydrogen-bond donors (Lipinski definition) is 2. The Bertz CT molecular complexity index is 1920. The van der Waals surface area contributed by atoms with E-state index in [4.69, 9.17) is 11.6 Å². The van der Waals surface area contributed by atoms with Gasteiger partial charge in [0.15, 0.2) is 12.7 Å². The zero-order valence-electron chi connectivity index (χ0n) is 35.8. The molecule has 328 valence electrons. The van der Waals surface area contributed by atoms with Crippen molar-refractivity contribution in [3.63, 3.8) is 0 Å². The molecule has 0 aromatic carbocycles. The van der Waals surface area contributed by atoms with Crippen LogP contribution in [0.2, 0.25) is 0 Å². The van der Waals surface area contributed by atoms with Crippen molar-refractivity contribution < 1.29 is 19.0 Å². The van der Waals surface area contributed by atoms with Crippen LogP contribution in [0.1, 0.15) is 129 Å². The minimum Gasteiger partial charge on any atom is -0.384 e. The van der Waals surface area contributed by atoms with Crippen molar-refractivity contribution in [2.24, 2.45) is 81.8 Å². The summed E-state index contributed by atoms with van der Waals surface area (Å²) in [5.41, 5.74) is 0.500. The van der Waals surface area contributed by atoms with Gasteiger partial charge in [0, 0.05) is 5.38 Å². The lowest BCUT2D eigenvalue weighted by Gasteiger charge is -2.57. The maximum Gasteiger partial charge on any atom is 0.266 e. The van der Waals surface area contributed by atoms with Crippen LogP contribution in [0.3, 0.4) is 0 Å². The molecule has 8 aliphatic rings. The Balaban J connectivity index is 0.000000154. The summed E-state index contributed by atoms with van der Waals surface area (Å²) < 4.78 is 26.8. The maximum atomic E-state index is 13.4. The summed E-state index contributed by atoms with van der Waals surface area (Å²) in [5.74, 6) is 10.6. The minimum atomic E-state index is -2.62. The molecule has 2 aromatic heterocycles. The number of tetrazole rings is 2. The van der Waals surface area contributed by atoms with Gasteiger partial charge in [-0.3, -0.25) is 0 Å². The molecule has 0 amide bonds. The average Bonchev–Trinajstić information content (AvgIpc) is 4.05. The molecule has 0 unspecified atom stereocenters. The Morgan fingerprint density at radius 2 is 1.15 bits per heavy atom. The van der Waals surface area contributed by atoms with Crippen molar-refractivity contribution in [1.29, 1.82) is 0 Å². The Kier molecular flexibility index (Phi) is 11.6. The molecule has 2 heterocycles. The number of alkyl halides is 2. The van der Waals surface area contributed by atoms with Crippen LogP contribution < -0.4 is 0 Å². The topological polar surface area (TPSA) is 128 Å². The first-order valence-electron chi connectivity index (χ1n) is 23.4. The molecule has 0 aliphatic heterocycles. The SMILES string of the molecule is C=C(Cn1ncnn1)[C@H]1CC[C@H]2[C@@H]3CC[C@@H]4C[C@@](O)(C#CCl)CC[C@@H]4[C@H]3CC[C@]12C.C=C(Cn1ncnn1)[C@H]1CC[C@H]2[C@@H]3CC[C@@H]4C[C@@](O)(C(F)F)CC[C@@H]4[C@H]3CC[C@]12C. The van der Waals surface area contributed by atoms with E-state index in [0.29, 0.717) is 66.4 Å². The molecule has 16 atom stereocenters. The van der Waals surface area contributed by atoms with E-state index in [1.54, 1.807) is 9.59 Å². The number of halogens is 3. The lowest BCUT2D eigenvalue weighted by molar-refractivity contribution is -0.159. The zero-order chi connectivity index (χ0) is 42.0. The second-order valence-corrected chi connectivity index (χ2v) is 21.8. The van der Waals surface area contributed by atoms with Crippen LogP contribution in [-0.4, -0.2) is 68.3 Å². The van der Waals surface area contributed by atoms with Gasteiger partial charge in [0.1, 0.15) is 11.2 Å². The summed E-state index contributed by atoms with van der Waals surface area (Å²) in [6.07, 6.45) is 19.0. The largest absolute Gasteiger partial charge is 0.384 e. The number of aliphatic hydroxyl groups is 2. The van der Waals surface area contributed by atoms with Crippen LogP contribution in [0.15, 0.2) is 37.0 Å². The predicted octanol–water partition coefficient (Wildman–Crippen LogP) is 8.92. The van der Waals surface area contributed by atoms with Gasteiger partial charge in [-0.1, -0.05) is 44.1 Å². The first-order chi connectivity index (χ1) is 28.7. The predicted molar refractivity (Wildman–Crippen MR) is 225 cm³/mol. The molecule has 2 aromatic rings. The highest BCUT2D eigenvalue weighted by Crippen LogP contribution is 2.67. The van der Waals surface area contributed by atoms with Crippen molar-refractivity contribution in [3.05, 3.63) is 37.0 Å². The number of allylic oxidation sites excluding steroid dienone is 2. The van der Waals surface area contributed by atoms with Crippen LogP contribution >= 0.6 is 11.6 Å². The van der Waals surface area contributed by atoms with Gasteiger partial charge in [0.05, 0.1) is 13.1 Å². The summed E-state index contributed by atoms with van der Waals surface area (Å²) in [6, 6.07) is 0. The highest BCUT2D eigenvalue weighted by atomic mass is 35.5. The number of hydrogen-bond acceptors (Lipinski definition) is 8. The Hall–Kier alpha value is -2.75. The molecule has 0 bridgehead atoms. The lowest BCUT2D eigenvalue weighted by atomic mass is 9.48. The zero-order valence-corrected chi connectivity index (χ0v) is 36.6. The van der Waals surface area contributed by atoms with Gasteiger partial charge in [-0.2, -0.15) is 9.59 Å². The van der Waals surface area contributed by atoms with Crippen molar-refractivity contribution in [2.75, 3.05) is 0 Å². The quantitative estimate of drug-likeness (QED) is 0.209. The van der Waals surface area contributed by atoms with Gasteiger partial charge in [-0.25, -0.2) is 8.78 Å². The highest BCUT2D eigenvalue weighted by molar-refractivity contribution is 6.30. The first-order valence-corrected chi connectivity index (χ1v) is 23.8. The van der Waals surface area contributed by atoms with Crippen LogP contribution in [0.25, 0.3) is 0 Å². The monoisotopic (exact) mass is 849 g/mol. The number of fused-ring (bicyclic) bond motifs is 10. The average molecular weight is 850 g/mol. The molecule has 10 nitrogen and oxygen atoms in total. The van der Waals surface area contributed by atoms with E-state index in [1.165, 1.54) is 88.0 Å². The van der Waals surface area contributed by atoms with Gasteiger partial charge in [0.25, 0.3) is 6.43 Å². The van der Waals surface area contributed by atoms with Crippen molar-refractivity contribution in [1.82, 2.24) is 40.4 Å². The molecule has 10 rings (SSSR count). The van der Waals surface area contributed by atoms with E-state index in [0.717, 1.165) is 62.2 Å². The molecule has 8 saturated carbocycles. The third-order valence-corrected chi connectivity index (χ3v) is 19.3. The van der Waals surface area contributed by atoms with E-state index >= 15 is 0 Å². The van der Waals surface area contributed by atoms with Gasteiger partial charge >= 0.3 is 0 Å². The Morgan fingerprint density at radius 3 is 1.62 bits per heavy atom. The molecule has 8 fully saturated rings. The van der Waals surface area contributed by atoms with E-state index < -0.39 is 17.6 Å². The first kappa shape index (κ1) is 42.5. The van der Waals surface area contributed by atoms with Gasteiger partial charge in [-0.05, 0) is 219 Å². The lowest BCUT2D eigenvalue weighted by Crippen LogP contribution is -2.52. The van der Waals surface area contributed by atoms with Crippen molar-refractivity contribution in [3.8, 4) is 11.3 Å². The summed E-state index contributed by atoms with van der Waals surface area (Å²) >= 11 is 5.63. The number of nitrogens with zero attached hydrogens (tertiary/aromatic N) is 8. The second-order valence-electron chi connectivity index (χ2n) is 21.6. The minimum absolute atomic E-state index is 0.265. The fraction of sp³-hybridized carbons (Fsp3) is 0.830. The molecule has 0 saturated heterocycles. The van der Waals surface area contributed by atoms with E-state index in [-0.39, 0.29) is 17.8 Å². The fourth-order valence-corrected chi connectivity index (χ4v) is 16.8. The molecular formula is C47H67ClF2N8O2. The molecule has 13 heteroatoms. The maximum absolute atomic E-state index is 13.4. The number of rotatable bonds is 7. The fourth-order valence-electron chi connectivity index (χ4n) is 16.6. The summed E-state index contributed by atoms with van der Waals surface area (Å²) in [6.45, 7) is 15.2. The molecule has 0 spiro atoms. The molecule has 60 heavy (non-hydrogen) atoms. The molecule has 8 aliphatic carbocycles. The normalized spacial score (nSPS) is 45.3. The number of aromatic nitrogens is 8. The Labute approximate surface area is 360 Å². The standard InChI is InChI=1S/C24H33ClN4O.C23H34F2N4O/c1-16(14-29-27-15-26-28-29)21-5-6-22-20-4-3-17-13-24(30,11-12-25)10-8-18(17)19(20)7-9-23(21,22)2;1-14(12-29-27-13-26-28-29)19-5-6-20-18-4-3-15-11-23(30,21(24)25)10-8-16(15)17(18)7-9-22(19,20)2/h15,17-22,30H,1,3-10,13-14H2,2H3;13,15-21,30H,1,3-12H2,2H3/t17-,18+,19-,20-,21-,22+,23-,24+;15-,16+,17-,18-,19-,20+,22-,23-/m11/s1. The van der Waals surface area contributed by atoms with Crippen molar-refractivity contribution in [2.45, 2.75) is 160 Å². The van der Waals surface area contributed by atoms with Crippen LogP contribution in [0.4, 0.5) is 8.78 Å². The van der Waals surface area contributed by atoms with Crippen LogP contribution in [0, 0.1) is 93.1 Å². The van der Waals surface area contributed by atoms with Crippen LogP contribution in [-0.2, 0) is 13.1 Å². The van der Waals surface area contributed by atoms with E-state index in [9.17, 15) is 19.0 Å². The van der Waals surface area contributed by atoms with Gasteiger partial charge < -0.3 is 10.2 Å². The highest BCUT2D eigenvalue weighted by Gasteiger charge is 2.60. The molecule has 2 N–H and O–H groups in total. The Morgan fingerprint density at radius 1 is 0.667 bits per heavy atom. The van der Waals surface area contributed by atoms with Crippen LogP contribution in [0.5, 0.6) is 0 Å². The van der Waals surface area contributed by atoms with Gasteiger partial charge in [-0.15, -0.1) is 20.4 Å². The summed E-state index contributed by atoms with van der Waals surface area (Å²) in [4.78, 5) is 3.30. The van der Waals surface area contributed by atoms with E-state index in [2.05, 4.69) is 69.1 Å². The molecule has 0 radical (unpaired) electrons. The van der Waals surface area contributed by atoms with Gasteiger partial charge in [0.2, 0.25) is 0 Å². The summed E-state index contributed by atoms with van der Waals surface area (Å²) in [5, 5.41) is 47.7. The summed E-state index contributed by atoms with van der Waals surface area (Å²) in [7, 11) is 0. The smallest absolute Gasteiger partial charge is 0.266 e. The third kappa shape index (κ3) is 7.50. The van der Waals surface area contributed by atoms with E-state index in [1.807, 2.05) is 0 Å². The molecular weight excluding hydrogens is 782 g/mol.